The van der Waals surface area contributed by atoms with Gasteiger partial charge in [-0.3, -0.25) is 6.08 Å². The smallest absolute Gasteiger partial charge is 0.116 e. The van der Waals surface area contributed by atoms with E-state index in [1.54, 1.807) is 6.07 Å². The first kappa shape index (κ1) is 25.7. The van der Waals surface area contributed by atoms with E-state index >= 15 is 0 Å². The van der Waals surface area contributed by atoms with Crippen molar-refractivity contribution in [3.05, 3.63) is 53.1 Å². The van der Waals surface area contributed by atoms with Gasteiger partial charge in [0.05, 0.1) is 0 Å². The Morgan fingerprint density at radius 1 is 1.05 bits per heavy atom. The van der Waals surface area contributed by atoms with Gasteiger partial charge in [-0.1, -0.05) is 33.8 Å². The summed E-state index contributed by atoms with van der Waals surface area (Å²) in [5, 5.41) is 9.36. The van der Waals surface area contributed by atoms with Crippen LogP contribution in [0.4, 0.5) is 0 Å². The molecule has 0 aliphatic heterocycles. The SMILES string of the molecule is CC1=[C-]CC=C1.Cc1cc(O)cc(C(C)(C)C)c1.[Cl-].[Cl-].[Ti]. The molecule has 1 aromatic rings. The number of hydrogen-bond donors (Lipinski definition) is 1. The summed E-state index contributed by atoms with van der Waals surface area (Å²) in [6, 6.07) is 5.71. The molecular weight excluding hydrogens is 339 g/mol. The van der Waals surface area contributed by atoms with Crippen molar-refractivity contribution in [3.8, 4) is 5.75 Å². The van der Waals surface area contributed by atoms with Gasteiger partial charge >= 0.3 is 0 Å². The Morgan fingerprint density at radius 3 is 1.90 bits per heavy atom. The van der Waals surface area contributed by atoms with Gasteiger partial charge in [0.1, 0.15) is 5.75 Å². The number of phenolic OH excluding ortho intramolecular Hbond substituents is 1. The standard InChI is InChI=1S/C11H16O.C6H7.2ClH.Ti/c1-8-5-9(11(2,3)4)7-10(12)6-8;1-6-4-2-3-5-6;;;/h5-7,12H,1-4H3;2,4H,3H2,1H3;2*1H;/q;-1;;;/p-2. The second kappa shape index (κ2) is 11.4. The molecule has 0 atom stereocenters. The molecule has 0 fully saturated rings. The Morgan fingerprint density at radius 2 is 1.62 bits per heavy atom. The van der Waals surface area contributed by atoms with E-state index in [1.807, 2.05) is 13.0 Å². The first-order valence-corrected chi connectivity index (χ1v) is 6.34. The fourth-order valence-electron chi connectivity index (χ4n) is 1.71. The monoisotopic (exact) mass is 361 g/mol. The quantitative estimate of drug-likeness (QED) is 0.450. The number of allylic oxidation sites excluding steroid dienone is 4. The molecule has 0 unspecified atom stereocenters. The van der Waals surface area contributed by atoms with Gasteiger partial charge in [-0.15, -0.1) is 6.42 Å². The van der Waals surface area contributed by atoms with Gasteiger partial charge in [0.25, 0.3) is 0 Å². The number of hydrogen-bond acceptors (Lipinski definition) is 1. The maximum atomic E-state index is 9.36. The van der Waals surface area contributed by atoms with Crippen molar-refractivity contribution >= 4 is 0 Å². The van der Waals surface area contributed by atoms with Crippen molar-refractivity contribution < 1.29 is 51.6 Å². The second-order valence-corrected chi connectivity index (χ2v) is 5.77. The van der Waals surface area contributed by atoms with Crippen LogP contribution < -0.4 is 24.8 Å². The first-order valence-electron chi connectivity index (χ1n) is 6.34. The van der Waals surface area contributed by atoms with Crippen LogP contribution in [0.1, 0.15) is 45.2 Å². The molecular formula is C17H23Cl2OTi-3. The summed E-state index contributed by atoms with van der Waals surface area (Å²) in [5.74, 6) is 0.361. The summed E-state index contributed by atoms with van der Waals surface area (Å²) in [5.41, 5.74) is 3.68. The number of aromatic hydroxyl groups is 1. The third kappa shape index (κ3) is 10.2. The Balaban J connectivity index is -0.000000312. The predicted octanol–water partition coefficient (Wildman–Crippen LogP) is -1.30. The van der Waals surface area contributed by atoms with Crippen molar-refractivity contribution in [3.63, 3.8) is 0 Å². The Hall–Kier alpha value is -0.206. The number of aryl methyl sites for hydroxylation is 1. The zero-order valence-corrected chi connectivity index (χ0v) is 16.4. The summed E-state index contributed by atoms with van der Waals surface area (Å²) in [6.45, 7) is 10.5. The topological polar surface area (TPSA) is 20.2 Å². The zero-order chi connectivity index (χ0) is 13.8. The predicted molar refractivity (Wildman–Crippen MR) is 77.7 cm³/mol. The third-order valence-electron chi connectivity index (χ3n) is 2.79. The van der Waals surface area contributed by atoms with Gasteiger partial charge < -0.3 is 29.9 Å². The molecule has 1 N–H and O–H groups in total. The van der Waals surface area contributed by atoms with Crippen LogP contribution in [0, 0.1) is 13.0 Å². The van der Waals surface area contributed by atoms with Crippen molar-refractivity contribution in [2.45, 2.75) is 46.5 Å². The van der Waals surface area contributed by atoms with Crippen LogP contribution in [-0.4, -0.2) is 5.11 Å². The van der Waals surface area contributed by atoms with Crippen LogP contribution in [0.5, 0.6) is 5.75 Å². The van der Waals surface area contributed by atoms with E-state index in [9.17, 15) is 5.11 Å². The maximum Gasteiger partial charge on any atom is 0.116 e. The van der Waals surface area contributed by atoms with E-state index in [2.05, 4.69) is 52.0 Å². The van der Waals surface area contributed by atoms with Gasteiger partial charge in [-0.05, 0) is 35.6 Å². The Kier molecular flexibility index (Phi) is 13.9. The van der Waals surface area contributed by atoms with E-state index < -0.39 is 0 Å². The number of halogens is 2. The van der Waals surface area contributed by atoms with Crippen molar-refractivity contribution in [2.24, 2.45) is 0 Å². The minimum Gasteiger partial charge on any atom is -1.00 e. The van der Waals surface area contributed by atoms with E-state index in [0.717, 1.165) is 12.0 Å². The van der Waals surface area contributed by atoms with Gasteiger partial charge in [0.15, 0.2) is 0 Å². The first-order chi connectivity index (χ1) is 8.29. The molecule has 1 aliphatic carbocycles. The Labute approximate surface area is 156 Å². The van der Waals surface area contributed by atoms with Crippen LogP contribution in [0.3, 0.4) is 0 Å². The van der Waals surface area contributed by atoms with Crippen molar-refractivity contribution in [1.29, 1.82) is 0 Å². The molecule has 21 heavy (non-hydrogen) atoms. The van der Waals surface area contributed by atoms with Crippen LogP contribution in [0.15, 0.2) is 35.9 Å². The Bertz CT molecular complexity index is 451. The molecule has 1 nitrogen and oxygen atoms in total. The normalized spacial score (nSPS) is 12.0. The molecule has 0 heterocycles. The molecule has 0 radical (unpaired) electrons. The van der Waals surface area contributed by atoms with Gasteiger partial charge in [-0.2, -0.15) is 6.08 Å². The van der Waals surface area contributed by atoms with E-state index in [4.69, 9.17) is 0 Å². The summed E-state index contributed by atoms with van der Waals surface area (Å²) in [6.07, 6.45) is 8.33. The van der Waals surface area contributed by atoms with E-state index in [1.165, 1.54) is 11.1 Å². The third-order valence-corrected chi connectivity index (χ3v) is 2.79. The number of rotatable bonds is 0. The second-order valence-electron chi connectivity index (χ2n) is 5.77. The van der Waals surface area contributed by atoms with Crippen LogP contribution >= 0.6 is 0 Å². The van der Waals surface area contributed by atoms with Crippen molar-refractivity contribution in [2.75, 3.05) is 0 Å². The van der Waals surface area contributed by atoms with Crippen LogP contribution in [0.25, 0.3) is 0 Å². The molecule has 4 heteroatoms. The molecule has 1 aromatic carbocycles. The number of phenols is 1. The van der Waals surface area contributed by atoms with E-state index in [-0.39, 0.29) is 51.9 Å². The molecule has 0 bridgehead atoms. The average Bonchev–Trinajstić information content (AvgIpc) is 2.67. The largest absolute Gasteiger partial charge is 1.00 e. The van der Waals surface area contributed by atoms with Crippen LogP contribution in [-0.2, 0) is 27.1 Å². The number of benzene rings is 1. The van der Waals surface area contributed by atoms with Crippen molar-refractivity contribution in [1.82, 2.24) is 0 Å². The molecule has 0 amide bonds. The van der Waals surface area contributed by atoms with Gasteiger partial charge in [-0.25, -0.2) is 11.6 Å². The maximum absolute atomic E-state index is 9.36. The molecule has 0 spiro atoms. The molecule has 118 valence electrons. The zero-order valence-electron chi connectivity index (χ0n) is 13.3. The van der Waals surface area contributed by atoms with Gasteiger partial charge in [0.2, 0.25) is 0 Å². The summed E-state index contributed by atoms with van der Waals surface area (Å²) < 4.78 is 0. The molecule has 0 saturated carbocycles. The van der Waals surface area contributed by atoms with E-state index in [0.29, 0.717) is 5.75 Å². The summed E-state index contributed by atoms with van der Waals surface area (Å²) in [4.78, 5) is 0. The fourth-order valence-corrected chi connectivity index (χ4v) is 1.71. The average molecular weight is 362 g/mol. The molecule has 0 aromatic heterocycles. The minimum atomic E-state index is 0. The molecule has 2 rings (SSSR count). The fraction of sp³-hybridized carbons (Fsp3) is 0.412. The summed E-state index contributed by atoms with van der Waals surface area (Å²) in [7, 11) is 0. The van der Waals surface area contributed by atoms with Gasteiger partial charge in [0, 0.05) is 21.7 Å². The minimum absolute atomic E-state index is 0. The molecule has 0 saturated heterocycles. The molecule has 1 aliphatic rings. The van der Waals surface area contributed by atoms with Crippen LogP contribution in [0.2, 0.25) is 0 Å². The summed E-state index contributed by atoms with van der Waals surface area (Å²) >= 11 is 0.